The van der Waals surface area contributed by atoms with Crippen LogP contribution in [0.1, 0.15) is 181 Å². The number of hydrogen-bond acceptors (Lipinski definition) is 24. The number of aromatic nitrogens is 1. The topological polar surface area (TPSA) is 672 Å². The molecular weight excluding hydrogens is 1810 g/mol. The Morgan fingerprint density at radius 3 is 1.70 bits per heavy atom. The van der Waals surface area contributed by atoms with Crippen molar-refractivity contribution in [3.63, 3.8) is 0 Å². The van der Waals surface area contributed by atoms with Crippen molar-refractivity contribution in [2.24, 2.45) is 34.8 Å². The number of likely N-dealkylation sites (N-methyl/N-ethyl adjacent to an activating group) is 3. The van der Waals surface area contributed by atoms with E-state index in [1.807, 2.05) is 13.8 Å². The van der Waals surface area contributed by atoms with Gasteiger partial charge in [-0.2, -0.15) is 0 Å². The number of nitrogens with zero attached hydrogens (tertiary/aromatic N) is 6. The molecule has 0 aliphatic carbocycles. The number of fused-ring (bicyclic) bond motifs is 4. The van der Waals surface area contributed by atoms with E-state index >= 15 is 33.6 Å². The van der Waals surface area contributed by atoms with Crippen LogP contribution >= 0.6 is 0 Å². The summed E-state index contributed by atoms with van der Waals surface area (Å²) in [5, 5.41) is 64.5. The standard InChI is InChI=1S/C94H136N22O23/c1-12-14-24-71-87(132)105-62(35-49(3)4)84(129)110-69(82(127)100-44-78(98)122)43-99-45-79(123)102-66(37-53-28-30-55(117)31-29-53)90(135)111(9)52(8)81(126)107-68(42-77(97)121)92(137)115-34-20-27-72(115)88(133)103-61(32-33-75(95)119)83(128)108-65(36-50(5)6)93(138)116-47-56(118)39-74(116)89(134)106-63(40-59-51(7)101-60-23-18-16-22-58(59)60)85(130)104-64(41-76(96)120)86(131)109-67(91(136)113(11)73(25-15-13-2)94(139)112(71)10)38-54-46-114(48-80(124)125)70-26-19-17-21-57(54)70/h16-19,21-23,26,28-31,46,49-52,56,59,61-69,71-74,99,101,117-118H,12-15,20,24-25,27,32-45,47-48H2,1-11H3,(H2,95,119)(H2,96,120)(H2,97,121)(H2,98,122)(H,100,127)(H,102,123)(H,103,133)(H,104,130)(H,105,132)(H,106,134)(H,107,126)(H,108,128)(H,109,131)(H,110,129)(H,124,125)/t51?,52-,56+,59?,61-,62-,63-,64-,65-,66-,67-,68-,69-,71-,72-,73-,74-/m0/s1. The molecule has 1 aromatic heterocycles. The number of phenolic OH excluding ortho intramolecular Hbond substituents is 1. The second kappa shape index (κ2) is 51.5. The summed E-state index contributed by atoms with van der Waals surface area (Å²) in [7, 11) is 3.79. The second-order valence-electron chi connectivity index (χ2n) is 37.1. The van der Waals surface area contributed by atoms with E-state index in [4.69, 9.17) is 22.9 Å². The Bertz CT molecular complexity index is 5150. The number of hydrogen-bond donors (Lipinski definition) is 19. The molecule has 19 amide bonds. The maximum absolute atomic E-state index is 16.0. The summed E-state index contributed by atoms with van der Waals surface area (Å²) in [6, 6.07) is -4.22. The summed E-state index contributed by atoms with van der Waals surface area (Å²) in [6.07, 6.45) is -3.21. The van der Waals surface area contributed by atoms with Crippen molar-refractivity contribution in [1.29, 1.82) is 0 Å². The van der Waals surface area contributed by atoms with Gasteiger partial charge >= 0.3 is 5.97 Å². The summed E-state index contributed by atoms with van der Waals surface area (Å²) in [6.45, 7) is 10.2. The van der Waals surface area contributed by atoms with Gasteiger partial charge in [-0.1, -0.05) is 116 Å². The normalized spacial score (nSPS) is 25.8. The number of benzene rings is 3. The molecule has 760 valence electrons. The number of carboxylic acid groups (broad SMARTS) is 1. The van der Waals surface area contributed by atoms with Crippen molar-refractivity contribution in [3.8, 4) is 5.75 Å². The van der Waals surface area contributed by atoms with E-state index in [2.05, 4.69) is 63.8 Å². The zero-order valence-corrected chi connectivity index (χ0v) is 80.4. The van der Waals surface area contributed by atoms with Gasteiger partial charge in [0.1, 0.15) is 96.9 Å². The van der Waals surface area contributed by atoms with E-state index in [0.29, 0.717) is 47.0 Å². The number of nitrogens with one attached hydrogen (secondary N) is 12. The summed E-state index contributed by atoms with van der Waals surface area (Å²) in [4.78, 5) is 295. The number of aromatic hydroxyl groups is 1. The Hall–Kier alpha value is -13.9. The number of phenols is 1. The SMILES string of the molecule is CCCC[C@H]1C(=O)N(C)[C@@H](CCCC)C(=O)N[C@@H](CC(C)C)C(=O)N[C@H](C(=O)NCC(N)=O)CNCC(=O)N[C@@H](Cc2ccc(O)cc2)C(=O)N(C)[C@@H](C)C(=O)N[C@@H](CC(N)=O)C(=O)N2CCC[C@H]2C(=O)N[C@@H](CCC(N)=O)C(=O)N[C@@H](CC(C)C)C(=O)N2C[C@H](O)C[C@H]2C(=O)N[C@@H](CC2c3ccccc3NC2C)C(=O)N[C@@H](CC(N)=O)C(=O)N[C@@H](Cc2cn(CC(=O)O)c3ccccc23)C(=O)N1C. The first kappa shape index (κ1) is 110. The zero-order valence-electron chi connectivity index (χ0n) is 80.4. The van der Waals surface area contributed by atoms with Crippen molar-refractivity contribution >= 4 is 135 Å². The molecule has 8 rings (SSSR count). The number of anilines is 1. The van der Waals surface area contributed by atoms with Crippen LogP contribution in [0.25, 0.3) is 10.9 Å². The van der Waals surface area contributed by atoms with Gasteiger partial charge in [0, 0.05) is 101 Å². The molecule has 4 aliphatic rings. The van der Waals surface area contributed by atoms with E-state index in [1.165, 1.54) is 63.1 Å². The molecule has 23 N–H and O–H groups in total. The highest BCUT2D eigenvalue weighted by molar-refractivity contribution is 6.03. The van der Waals surface area contributed by atoms with Crippen LogP contribution < -0.4 is 86.7 Å². The van der Waals surface area contributed by atoms with E-state index in [-0.39, 0.29) is 81.6 Å². The molecule has 45 heteroatoms. The third kappa shape index (κ3) is 31.1. The minimum Gasteiger partial charge on any atom is -0.508 e. The number of rotatable bonds is 28. The van der Waals surface area contributed by atoms with E-state index in [0.717, 1.165) is 24.5 Å². The molecule has 0 bridgehead atoms. The first-order chi connectivity index (χ1) is 65.7. The van der Waals surface area contributed by atoms with Crippen LogP contribution in [-0.4, -0.2) is 313 Å². The predicted octanol–water partition coefficient (Wildman–Crippen LogP) is -3.28. The lowest BCUT2D eigenvalue weighted by Crippen LogP contribution is -2.61. The molecule has 3 aromatic carbocycles. The molecule has 4 aromatic rings. The zero-order chi connectivity index (χ0) is 103. The predicted molar refractivity (Wildman–Crippen MR) is 505 cm³/mol. The van der Waals surface area contributed by atoms with Crippen molar-refractivity contribution in [2.45, 2.75) is 280 Å². The number of para-hydroxylation sites is 2. The number of nitrogens with two attached hydrogens (primary N) is 4. The average Bonchev–Trinajstić information content (AvgIpc) is 1.64. The van der Waals surface area contributed by atoms with Crippen molar-refractivity contribution < 1.29 is 111 Å². The average molecular weight is 1940 g/mol. The molecule has 4 aliphatic heterocycles. The van der Waals surface area contributed by atoms with Crippen LogP contribution in [0.5, 0.6) is 5.75 Å². The van der Waals surface area contributed by atoms with E-state index in [9.17, 15) is 77.6 Å². The minimum absolute atomic E-state index is 0.0384. The summed E-state index contributed by atoms with van der Waals surface area (Å²) >= 11 is 0. The molecule has 45 nitrogen and oxygen atoms in total. The van der Waals surface area contributed by atoms with E-state index in [1.54, 1.807) is 83.1 Å². The third-order valence-electron chi connectivity index (χ3n) is 25.3. The van der Waals surface area contributed by atoms with Gasteiger partial charge in [-0.3, -0.25) is 95.9 Å². The first-order valence-corrected chi connectivity index (χ1v) is 47.1. The summed E-state index contributed by atoms with van der Waals surface area (Å²) in [5.41, 5.74) is 25.1. The molecule has 3 saturated heterocycles. The number of primary amides is 4. The smallest absolute Gasteiger partial charge is 0.323 e. The van der Waals surface area contributed by atoms with Crippen LogP contribution in [0.4, 0.5) is 5.69 Å². The van der Waals surface area contributed by atoms with Gasteiger partial charge in [-0.05, 0) is 118 Å². The molecule has 0 saturated carbocycles. The van der Waals surface area contributed by atoms with E-state index < -0.39 is 298 Å². The first-order valence-electron chi connectivity index (χ1n) is 47.1. The fourth-order valence-corrected chi connectivity index (χ4v) is 17.9. The van der Waals surface area contributed by atoms with Crippen LogP contribution in [0.3, 0.4) is 0 Å². The largest absolute Gasteiger partial charge is 0.508 e. The lowest BCUT2D eigenvalue weighted by atomic mass is 9.88. The molecule has 3 fully saturated rings. The number of unbranched alkanes of at least 4 members (excludes halogenated alkanes) is 2. The number of carboxylic acids is 1. The fraction of sp³-hybridized carbons (Fsp3) is 0.574. The van der Waals surface area contributed by atoms with Crippen LogP contribution in [0, 0.1) is 11.8 Å². The maximum Gasteiger partial charge on any atom is 0.323 e. The lowest BCUT2D eigenvalue weighted by Gasteiger charge is -2.36. The van der Waals surface area contributed by atoms with Crippen LogP contribution in [0.2, 0.25) is 0 Å². The molecule has 0 spiro atoms. The number of amides is 19. The number of aliphatic carboxylic acids is 1. The van der Waals surface area contributed by atoms with Gasteiger partial charge in [0.25, 0.3) is 0 Å². The van der Waals surface area contributed by atoms with Gasteiger partial charge in [0.2, 0.25) is 112 Å². The molecule has 0 radical (unpaired) electrons. The molecule has 5 heterocycles. The molecule has 17 atom stereocenters. The number of carbonyl (C=O) groups is 20. The van der Waals surface area contributed by atoms with Crippen molar-refractivity contribution in [3.05, 3.63) is 95.7 Å². The summed E-state index contributed by atoms with van der Waals surface area (Å²) < 4.78 is 1.40. The van der Waals surface area contributed by atoms with Crippen molar-refractivity contribution in [1.82, 2.24) is 87.6 Å². The second-order valence-corrected chi connectivity index (χ2v) is 37.1. The highest BCUT2D eigenvalue weighted by Gasteiger charge is 2.48. The highest BCUT2D eigenvalue weighted by Crippen LogP contribution is 2.39. The fourth-order valence-electron chi connectivity index (χ4n) is 17.9. The minimum atomic E-state index is -2.00. The van der Waals surface area contributed by atoms with Gasteiger partial charge in [0.15, 0.2) is 0 Å². The van der Waals surface area contributed by atoms with Crippen molar-refractivity contribution in [2.75, 3.05) is 59.2 Å². The Kier molecular flexibility index (Phi) is 40.9. The molecular formula is C94H136N22O23. The summed E-state index contributed by atoms with van der Waals surface area (Å²) in [5.74, 6) is -22.0. The molecule has 2 unspecified atom stereocenters. The monoisotopic (exact) mass is 1940 g/mol. The molecule has 139 heavy (non-hydrogen) atoms. The highest BCUT2D eigenvalue weighted by atomic mass is 16.4. The Labute approximate surface area is 805 Å². The Morgan fingerprint density at radius 1 is 0.518 bits per heavy atom. The van der Waals surface area contributed by atoms with Gasteiger partial charge in [-0.15, -0.1) is 0 Å². The van der Waals surface area contributed by atoms with Gasteiger partial charge < -0.3 is 131 Å². The number of aliphatic hydroxyl groups is 1. The Balaban J connectivity index is 1.23. The number of aliphatic hydroxyl groups excluding tert-OH is 1. The maximum atomic E-state index is 16.0. The quantitative estimate of drug-likeness (QED) is 0.0265. The van der Waals surface area contributed by atoms with Crippen LogP contribution in [-0.2, 0) is 115 Å². The van der Waals surface area contributed by atoms with Gasteiger partial charge in [0.05, 0.1) is 32.0 Å². The third-order valence-corrected chi connectivity index (χ3v) is 25.3. The lowest BCUT2D eigenvalue weighted by molar-refractivity contribution is -0.149. The number of carbonyl (C=O) groups excluding carboxylic acids is 19. The van der Waals surface area contributed by atoms with Gasteiger partial charge in [-0.25, -0.2) is 0 Å². The van der Waals surface area contributed by atoms with Crippen LogP contribution in [0.15, 0.2) is 79.0 Å². The Morgan fingerprint density at radius 2 is 1.06 bits per heavy atom.